The van der Waals surface area contributed by atoms with Crippen LogP contribution in [0.4, 0.5) is 0 Å². The number of benzene rings is 1. The summed E-state index contributed by atoms with van der Waals surface area (Å²) in [6.07, 6.45) is 6.63. The van der Waals surface area contributed by atoms with Crippen molar-refractivity contribution in [2.45, 2.75) is 46.0 Å². The summed E-state index contributed by atoms with van der Waals surface area (Å²) in [6, 6.07) is 9.32. The highest BCUT2D eigenvalue weighted by atomic mass is 14.8. The lowest BCUT2D eigenvalue weighted by molar-refractivity contribution is 0.133. The number of nitrogens with one attached hydrogen (secondary N) is 1. The van der Waals surface area contributed by atoms with Crippen molar-refractivity contribution in [3.05, 3.63) is 35.4 Å². The Bertz CT molecular complexity index is 360. The molecular formula is C17H27N. The molecule has 1 aliphatic carbocycles. The first-order valence-electron chi connectivity index (χ1n) is 7.36. The minimum Gasteiger partial charge on any atom is -0.319 e. The van der Waals surface area contributed by atoms with E-state index in [0.29, 0.717) is 5.41 Å². The van der Waals surface area contributed by atoms with E-state index in [1.165, 1.54) is 49.8 Å². The molecule has 1 fully saturated rings. The molecule has 0 bridgehead atoms. The highest BCUT2D eigenvalue weighted by Crippen LogP contribution is 2.43. The fraction of sp³-hybridized carbons (Fsp3) is 0.647. The van der Waals surface area contributed by atoms with Gasteiger partial charge in [-0.15, -0.1) is 0 Å². The lowest BCUT2D eigenvalue weighted by Crippen LogP contribution is -2.40. The van der Waals surface area contributed by atoms with Gasteiger partial charge in [0, 0.05) is 6.54 Å². The van der Waals surface area contributed by atoms with Crippen LogP contribution in [0.15, 0.2) is 24.3 Å². The molecule has 1 N–H and O–H groups in total. The second kappa shape index (κ2) is 5.88. The van der Waals surface area contributed by atoms with Crippen molar-refractivity contribution >= 4 is 0 Å². The molecule has 1 nitrogen and oxygen atoms in total. The molecule has 18 heavy (non-hydrogen) atoms. The molecule has 1 aliphatic rings. The normalized spacial score (nSPS) is 17.8. The van der Waals surface area contributed by atoms with Gasteiger partial charge in [-0.2, -0.15) is 0 Å². The van der Waals surface area contributed by atoms with Crippen LogP contribution in [-0.4, -0.2) is 13.6 Å². The molecule has 0 atom stereocenters. The molecule has 2 rings (SSSR count). The van der Waals surface area contributed by atoms with E-state index in [2.05, 4.69) is 50.5 Å². The molecule has 0 heterocycles. The van der Waals surface area contributed by atoms with Gasteiger partial charge in [-0.25, -0.2) is 0 Å². The third kappa shape index (κ3) is 3.35. The molecule has 1 aromatic carbocycles. The quantitative estimate of drug-likeness (QED) is 0.803. The minimum absolute atomic E-state index is 0.550. The van der Waals surface area contributed by atoms with E-state index in [-0.39, 0.29) is 0 Å². The Morgan fingerprint density at radius 1 is 1.11 bits per heavy atom. The Morgan fingerprint density at radius 2 is 1.72 bits per heavy atom. The minimum atomic E-state index is 0.550. The second-order valence-electron chi connectivity index (χ2n) is 6.48. The van der Waals surface area contributed by atoms with E-state index in [4.69, 9.17) is 0 Å². The molecule has 0 spiro atoms. The predicted octanol–water partition coefficient (Wildman–Crippen LogP) is 3.82. The summed E-state index contributed by atoms with van der Waals surface area (Å²) in [5, 5.41) is 3.37. The molecule has 0 amide bonds. The van der Waals surface area contributed by atoms with Crippen molar-refractivity contribution < 1.29 is 0 Å². The van der Waals surface area contributed by atoms with Crippen LogP contribution in [0, 0.1) is 11.3 Å². The van der Waals surface area contributed by atoms with Gasteiger partial charge >= 0.3 is 0 Å². The summed E-state index contributed by atoms with van der Waals surface area (Å²) in [6.45, 7) is 5.73. The Hall–Kier alpha value is -0.820. The van der Waals surface area contributed by atoms with Crippen molar-refractivity contribution in [1.82, 2.24) is 5.32 Å². The molecule has 0 radical (unpaired) electrons. The lowest BCUT2D eigenvalue weighted by Gasteiger charge is -2.42. The summed E-state index contributed by atoms with van der Waals surface area (Å²) in [5.41, 5.74) is 3.54. The van der Waals surface area contributed by atoms with Gasteiger partial charge < -0.3 is 5.32 Å². The number of rotatable bonds is 6. The zero-order valence-corrected chi connectivity index (χ0v) is 12.1. The largest absolute Gasteiger partial charge is 0.319 e. The Kier molecular flexibility index (Phi) is 4.45. The summed E-state index contributed by atoms with van der Waals surface area (Å²) < 4.78 is 0. The Labute approximate surface area is 112 Å². The monoisotopic (exact) mass is 245 g/mol. The van der Waals surface area contributed by atoms with Crippen LogP contribution in [0.1, 0.15) is 44.2 Å². The second-order valence-corrected chi connectivity index (χ2v) is 6.48. The molecule has 1 heteroatoms. The van der Waals surface area contributed by atoms with Gasteiger partial charge in [-0.05, 0) is 55.2 Å². The van der Waals surface area contributed by atoms with Crippen LogP contribution >= 0.6 is 0 Å². The van der Waals surface area contributed by atoms with Gasteiger partial charge in [0.05, 0.1) is 0 Å². The first-order valence-corrected chi connectivity index (χ1v) is 7.36. The Balaban J connectivity index is 1.97. The van der Waals surface area contributed by atoms with Crippen molar-refractivity contribution in [1.29, 1.82) is 0 Å². The first-order chi connectivity index (χ1) is 8.63. The van der Waals surface area contributed by atoms with Crippen molar-refractivity contribution in [2.24, 2.45) is 11.3 Å². The maximum absolute atomic E-state index is 3.37. The topological polar surface area (TPSA) is 12.0 Å². The van der Waals surface area contributed by atoms with E-state index >= 15 is 0 Å². The summed E-state index contributed by atoms with van der Waals surface area (Å²) >= 11 is 0. The molecule has 100 valence electrons. The molecule has 1 aromatic rings. The van der Waals surface area contributed by atoms with Gasteiger partial charge in [0.2, 0.25) is 0 Å². The highest BCUT2D eigenvalue weighted by molar-refractivity contribution is 5.24. The van der Waals surface area contributed by atoms with Crippen LogP contribution in [0.5, 0.6) is 0 Å². The smallest absolute Gasteiger partial charge is 0.000799 e. The summed E-state index contributed by atoms with van der Waals surface area (Å²) in [4.78, 5) is 0. The zero-order valence-electron chi connectivity index (χ0n) is 12.1. The van der Waals surface area contributed by atoms with Crippen LogP contribution in [0.2, 0.25) is 0 Å². The predicted molar refractivity (Wildman–Crippen MR) is 78.9 cm³/mol. The Morgan fingerprint density at radius 3 is 2.17 bits per heavy atom. The fourth-order valence-electron chi connectivity index (χ4n) is 3.17. The van der Waals surface area contributed by atoms with E-state index < -0.39 is 0 Å². The van der Waals surface area contributed by atoms with Gasteiger partial charge in [-0.1, -0.05) is 44.5 Å². The first kappa shape index (κ1) is 13.6. The molecule has 0 unspecified atom stereocenters. The highest BCUT2D eigenvalue weighted by Gasteiger charge is 2.36. The summed E-state index contributed by atoms with van der Waals surface area (Å²) in [7, 11) is 2.08. The third-order valence-electron chi connectivity index (χ3n) is 4.21. The fourth-order valence-corrected chi connectivity index (χ4v) is 3.17. The van der Waals surface area contributed by atoms with Crippen LogP contribution < -0.4 is 5.32 Å². The van der Waals surface area contributed by atoms with Gasteiger partial charge in [0.1, 0.15) is 0 Å². The third-order valence-corrected chi connectivity index (χ3v) is 4.21. The van der Waals surface area contributed by atoms with Crippen LogP contribution in [0.3, 0.4) is 0 Å². The molecular weight excluding hydrogens is 218 g/mol. The SMILES string of the molecule is CNCC1(Cc2ccc(CC(C)C)cc2)CCC1. The summed E-state index contributed by atoms with van der Waals surface area (Å²) in [5.74, 6) is 0.748. The van der Waals surface area contributed by atoms with E-state index in [1.807, 2.05) is 0 Å². The van der Waals surface area contributed by atoms with Gasteiger partial charge in [0.15, 0.2) is 0 Å². The lowest BCUT2D eigenvalue weighted by atomic mass is 9.65. The molecule has 0 saturated heterocycles. The molecule has 1 saturated carbocycles. The van der Waals surface area contributed by atoms with E-state index in [0.717, 1.165) is 5.92 Å². The maximum Gasteiger partial charge on any atom is 0.000799 e. The van der Waals surface area contributed by atoms with E-state index in [9.17, 15) is 0 Å². The van der Waals surface area contributed by atoms with Crippen molar-refractivity contribution in [3.63, 3.8) is 0 Å². The average molecular weight is 245 g/mol. The maximum atomic E-state index is 3.37. The number of hydrogen-bond donors (Lipinski definition) is 1. The average Bonchev–Trinajstić information content (AvgIpc) is 2.28. The number of hydrogen-bond acceptors (Lipinski definition) is 1. The standard InChI is InChI=1S/C17H27N/c1-14(2)11-15-5-7-16(8-6-15)12-17(13-18-3)9-4-10-17/h5-8,14,18H,4,9-13H2,1-3H3. The van der Waals surface area contributed by atoms with Gasteiger partial charge in [-0.3, -0.25) is 0 Å². The molecule has 0 aliphatic heterocycles. The zero-order chi connectivity index (χ0) is 13.0. The van der Waals surface area contributed by atoms with Crippen molar-refractivity contribution in [2.75, 3.05) is 13.6 Å². The van der Waals surface area contributed by atoms with Gasteiger partial charge in [0.25, 0.3) is 0 Å². The van der Waals surface area contributed by atoms with Crippen LogP contribution in [0.25, 0.3) is 0 Å². The van der Waals surface area contributed by atoms with Crippen LogP contribution in [-0.2, 0) is 12.8 Å². The van der Waals surface area contributed by atoms with Crippen molar-refractivity contribution in [3.8, 4) is 0 Å². The molecule has 0 aromatic heterocycles. The van der Waals surface area contributed by atoms with E-state index in [1.54, 1.807) is 0 Å².